The molecule has 3 aromatic heterocycles. The number of hydrogen-bond donors (Lipinski definition) is 3. The minimum atomic E-state index is -0.492. The summed E-state index contributed by atoms with van der Waals surface area (Å²) in [7, 11) is 0. The van der Waals surface area contributed by atoms with E-state index in [4.69, 9.17) is 5.41 Å². The van der Waals surface area contributed by atoms with Crippen molar-refractivity contribution >= 4 is 22.6 Å². The van der Waals surface area contributed by atoms with Gasteiger partial charge in [-0.15, -0.1) is 0 Å². The van der Waals surface area contributed by atoms with Crippen molar-refractivity contribution in [1.82, 2.24) is 19.3 Å². The van der Waals surface area contributed by atoms with E-state index in [1.54, 1.807) is 12.3 Å². The molecule has 0 aromatic carbocycles. The molecule has 0 radical (unpaired) electrons. The topological polar surface area (TPSA) is 112 Å². The summed E-state index contributed by atoms with van der Waals surface area (Å²) in [4.78, 5) is 30.3. The number of nitrogens with one attached hydrogen (secondary N) is 2. The van der Waals surface area contributed by atoms with Crippen LogP contribution >= 0.6 is 0 Å². The van der Waals surface area contributed by atoms with Gasteiger partial charge in [-0.3, -0.25) is 19.4 Å². The quantitative estimate of drug-likeness (QED) is 0.597. The number of aromatic nitrogens is 3. The SMILES string of the molecule is Cc1cccn2c(=O)c3cc(C(=O)NC(C)(C)C)c(=N)n(CCO)c3nc12. The smallest absolute Gasteiger partial charge is 0.267 e. The molecule has 142 valence electrons. The Labute approximate surface area is 155 Å². The third kappa shape index (κ3) is 3.35. The number of hydrogen-bond acceptors (Lipinski definition) is 5. The number of aliphatic hydroxyl groups excluding tert-OH is 1. The number of rotatable bonds is 3. The predicted molar refractivity (Wildman–Crippen MR) is 102 cm³/mol. The van der Waals surface area contributed by atoms with Gasteiger partial charge in [-0.1, -0.05) is 6.07 Å². The number of carbonyl (C=O) groups is 1. The molecule has 27 heavy (non-hydrogen) atoms. The van der Waals surface area contributed by atoms with Gasteiger partial charge in [0.05, 0.1) is 17.6 Å². The lowest BCUT2D eigenvalue weighted by molar-refractivity contribution is 0.0916. The van der Waals surface area contributed by atoms with Gasteiger partial charge in [0.1, 0.15) is 16.8 Å². The maximum absolute atomic E-state index is 13.0. The number of pyridine rings is 2. The van der Waals surface area contributed by atoms with Gasteiger partial charge in [0.2, 0.25) is 0 Å². The Morgan fingerprint density at radius 3 is 2.67 bits per heavy atom. The largest absolute Gasteiger partial charge is 0.395 e. The summed E-state index contributed by atoms with van der Waals surface area (Å²) >= 11 is 0. The second kappa shape index (κ2) is 6.62. The number of fused-ring (bicyclic) bond motifs is 2. The Morgan fingerprint density at radius 2 is 2.04 bits per heavy atom. The summed E-state index contributed by atoms with van der Waals surface area (Å²) in [6, 6.07) is 5.01. The highest BCUT2D eigenvalue weighted by Crippen LogP contribution is 2.13. The van der Waals surface area contributed by atoms with Crippen LogP contribution in [0.15, 0.2) is 29.2 Å². The number of aryl methyl sites for hydroxylation is 1. The van der Waals surface area contributed by atoms with Crippen LogP contribution in [0.4, 0.5) is 0 Å². The summed E-state index contributed by atoms with van der Waals surface area (Å²) in [5.74, 6) is -0.449. The molecule has 0 bridgehead atoms. The molecule has 0 atom stereocenters. The monoisotopic (exact) mass is 369 g/mol. The number of aliphatic hydroxyl groups is 1. The lowest BCUT2D eigenvalue weighted by Gasteiger charge is -2.21. The first-order valence-electron chi connectivity index (χ1n) is 8.67. The van der Waals surface area contributed by atoms with Gasteiger partial charge in [-0.25, -0.2) is 4.98 Å². The van der Waals surface area contributed by atoms with Crippen LogP contribution in [0.25, 0.3) is 16.7 Å². The Bertz CT molecular complexity index is 1170. The molecule has 8 nitrogen and oxygen atoms in total. The molecule has 3 N–H and O–H groups in total. The van der Waals surface area contributed by atoms with Crippen molar-refractivity contribution < 1.29 is 9.90 Å². The van der Waals surface area contributed by atoms with Gasteiger partial charge in [0, 0.05) is 18.3 Å². The summed E-state index contributed by atoms with van der Waals surface area (Å²) in [5.41, 5.74) is 0.728. The molecule has 3 heterocycles. The lowest BCUT2D eigenvalue weighted by Crippen LogP contribution is -2.43. The van der Waals surface area contributed by atoms with E-state index in [-0.39, 0.29) is 40.8 Å². The first-order valence-corrected chi connectivity index (χ1v) is 8.67. The molecule has 0 spiro atoms. The molecular formula is C19H23N5O3. The van der Waals surface area contributed by atoms with Crippen LogP contribution in [0.3, 0.4) is 0 Å². The van der Waals surface area contributed by atoms with Crippen molar-refractivity contribution in [3.05, 3.63) is 51.4 Å². The van der Waals surface area contributed by atoms with E-state index in [0.29, 0.717) is 5.65 Å². The highest BCUT2D eigenvalue weighted by molar-refractivity contribution is 5.97. The lowest BCUT2D eigenvalue weighted by atomic mass is 10.1. The molecule has 0 saturated heterocycles. The number of carbonyl (C=O) groups excluding carboxylic acids is 1. The normalized spacial score (nSPS) is 11.9. The van der Waals surface area contributed by atoms with Gasteiger partial charge >= 0.3 is 0 Å². The van der Waals surface area contributed by atoms with Crippen LogP contribution in [0.5, 0.6) is 0 Å². The zero-order valence-corrected chi connectivity index (χ0v) is 15.8. The maximum Gasteiger partial charge on any atom is 0.267 e. The van der Waals surface area contributed by atoms with E-state index in [0.717, 1.165) is 5.56 Å². The van der Waals surface area contributed by atoms with Crippen LogP contribution in [0.1, 0.15) is 36.7 Å². The van der Waals surface area contributed by atoms with Crippen LogP contribution in [-0.4, -0.2) is 37.1 Å². The highest BCUT2D eigenvalue weighted by atomic mass is 16.3. The molecule has 0 saturated carbocycles. The molecule has 3 aromatic rings. The van der Waals surface area contributed by atoms with E-state index in [9.17, 15) is 14.7 Å². The van der Waals surface area contributed by atoms with Crippen molar-refractivity contribution in [3.63, 3.8) is 0 Å². The number of amides is 1. The third-order valence-electron chi connectivity index (χ3n) is 4.19. The molecule has 8 heteroatoms. The van der Waals surface area contributed by atoms with Crippen molar-refractivity contribution in [2.24, 2.45) is 0 Å². The van der Waals surface area contributed by atoms with Crippen LogP contribution in [0, 0.1) is 12.3 Å². The second-order valence-electron chi connectivity index (χ2n) is 7.53. The minimum Gasteiger partial charge on any atom is -0.395 e. The van der Waals surface area contributed by atoms with Gasteiger partial charge < -0.3 is 15.0 Å². The first kappa shape index (κ1) is 18.8. The second-order valence-corrected chi connectivity index (χ2v) is 7.53. The Kier molecular flexibility index (Phi) is 4.61. The molecule has 3 rings (SSSR count). The standard InChI is InChI=1S/C19H23N5O3/c1-11-6-5-7-24-15(11)21-16-13(18(24)27)10-12(14(20)23(16)8-9-25)17(26)22-19(2,3)4/h5-7,10,20,25H,8-9H2,1-4H3,(H,22,26). The van der Waals surface area contributed by atoms with Crippen molar-refractivity contribution in [2.45, 2.75) is 39.8 Å². The summed E-state index contributed by atoms with van der Waals surface area (Å²) in [6.45, 7) is 7.17. The highest BCUT2D eigenvalue weighted by Gasteiger charge is 2.21. The molecule has 1 amide bonds. The minimum absolute atomic E-state index is 0.0560. The van der Waals surface area contributed by atoms with E-state index < -0.39 is 11.4 Å². The zero-order chi connectivity index (χ0) is 19.9. The Morgan fingerprint density at radius 1 is 1.33 bits per heavy atom. The van der Waals surface area contributed by atoms with Crippen molar-refractivity contribution in [2.75, 3.05) is 6.61 Å². The fourth-order valence-corrected chi connectivity index (χ4v) is 3.00. The summed E-state index contributed by atoms with van der Waals surface area (Å²) < 4.78 is 2.83. The fraction of sp³-hybridized carbons (Fsp3) is 0.368. The Hall–Kier alpha value is -3.00. The fourth-order valence-electron chi connectivity index (χ4n) is 3.00. The first-order chi connectivity index (χ1) is 12.6. The van der Waals surface area contributed by atoms with E-state index in [2.05, 4.69) is 10.3 Å². The molecule has 0 aliphatic rings. The summed E-state index contributed by atoms with van der Waals surface area (Å²) in [6.07, 6.45) is 1.62. The molecule has 0 unspecified atom stereocenters. The third-order valence-corrected chi connectivity index (χ3v) is 4.19. The maximum atomic E-state index is 13.0. The molecule has 0 aliphatic heterocycles. The average molecular weight is 369 g/mol. The molecule has 0 aliphatic carbocycles. The van der Waals surface area contributed by atoms with E-state index in [1.807, 2.05) is 33.8 Å². The zero-order valence-electron chi connectivity index (χ0n) is 15.8. The Balaban J connectivity index is 2.42. The molecular weight excluding hydrogens is 346 g/mol. The van der Waals surface area contributed by atoms with Crippen LogP contribution < -0.4 is 16.4 Å². The van der Waals surface area contributed by atoms with Gasteiger partial charge in [0.25, 0.3) is 11.5 Å². The van der Waals surface area contributed by atoms with Crippen LogP contribution in [-0.2, 0) is 6.54 Å². The van der Waals surface area contributed by atoms with Crippen molar-refractivity contribution in [1.29, 1.82) is 5.41 Å². The van der Waals surface area contributed by atoms with Gasteiger partial charge in [-0.05, 0) is 45.4 Å². The van der Waals surface area contributed by atoms with Gasteiger partial charge in [0.15, 0.2) is 0 Å². The predicted octanol–water partition coefficient (Wildman–Crippen LogP) is 0.958. The van der Waals surface area contributed by atoms with Gasteiger partial charge in [-0.2, -0.15) is 0 Å². The van der Waals surface area contributed by atoms with Crippen LogP contribution in [0.2, 0.25) is 0 Å². The molecule has 0 fully saturated rings. The van der Waals surface area contributed by atoms with E-state index >= 15 is 0 Å². The number of nitrogens with zero attached hydrogens (tertiary/aromatic N) is 3. The van der Waals surface area contributed by atoms with E-state index in [1.165, 1.54) is 15.0 Å². The summed E-state index contributed by atoms with van der Waals surface area (Å²) in [5, 5.41) is 20.9. The van der Waals surface area contributed by atoms with Crippen molar-refractivity contribution in [3.8, 4) is 0 Å². The average Bonchev–Trinajstić information content (AvgIpc) is 2.57.